The molecule has 126 valence electrons. The first kappa shape index (κ1) is 16.3. The standard InChI is InChI=1S/C19H22N2O3/c1-19(15-9-5-7-11-17(15)24-3)20-16-10-6-4-8-14(16)18(22)21(19)12-13-23-2/h4-11,20H,12-13H2,1-3H3. The molecule has 0 fully saturated rings. The Morgan fingerprint density at radius 1 is 1.08 bits per heavy atom. The number of methoxy groups -OCH3 is 2. The molecule has 1 heterocycles. The molecule has 0 aliphatic carbocycles. The Labute approximate surface area is 142 Å². The van der Waals surface area contributed by atoms with Gasteiger partial charge in [0.2, 0.25) is 0 Å². The second-order valence-corrected chi connectivity index (χ2v) is 5.89. The first-order valence-corrected chi connectivity index (χ1v) is 7.93. The molecule has 1 unspecified atom stereocenters. The van der Waals surface area contributed by atoms with Crippen LogP contribution in [0, 0.1) is 0 Å². The molecular weight excluding hydrogens is 304 g/mol. The summed E-state index contributed by atoms with van der Waals surface area (Å²) in [4.78, 5) is 14.9. The van der Waals surface area contributed by atoms with Gasteiger partial charge in [0.25, 0.3) is 5.91 Å². The number of carbonyl (C=O) groups is 1. The van der Waals surface area contributed by atoms with Crippen molar-refractivity contribution in [3.8, 4) is 5.75 Å². The molecular formula is C19H22N2O3. The molecule has 24 heavy (non-hydrogen) atoms. The van der Waals surface area contributed by atoms with Crippen molar-refractivity contribution in [3.63, 3.8) is 0 Å². The largest absolute Gasteiger partial charge is 0.496 e. The predicted octanol–water partition coefficient (Wildman–Crippen LogP) is 3.08. The Hall–Kier alpha value is -2.53. The average Bonchev–Trinajstić information content (AvgIpc) is 2.61. The number of ether oxygens (including phenoxy) is 2. The maximum absolute atomic E-state index is 13.1. The monoisotopic (exact) mass is 326 g/mol. The molecule has 1 atom stereocenters. The van der Waals surface area contributed by atoms with Crippen LogP contribution in [-0.2, 0) is 10.4 Å². The van der Waals surface area contributed by atoms with Crippen LogP contribution in [-0.4, -0.2) is 38.2 Å². The smallest absolute Gasteiger partial charge is 0.258 e. The average molecular weight is 326 g/mol. The number of fused-ring (bicyclic) bond motifs is 1. The van der Waals surface area contributed by atoms with Crippen LogP contribution >= 0.6 is 0 Å². The van der Waals surface area contributed by atoms with Gasteiger partial charge < -0.3 is 19.7 Å². The van der Waals surface area contributed by atoms with Crippen molar-refractivity contribution in [1.82, 2.24) is 4.90 Å². The van der Waals surface area contributed by atoms with Crippen LogP contribution in [0.25, 0.3) is 0 Å². The zero-order chi connectivity index (χ0) is 17.2. The minimum absolute atomic E-state index is 0.0187. The van der Waals surface area contributed by atoms with Gasteiger partial charge in [0.1, 0.15) is 11.4 Å². The van der Waals surface area contributed by atoms with Crippen LogP contribution in [0.2, 0.25) is 0 Å². The second-order valence-electron chi connectivity index (χ2n) is 5.89. The number of anilines is 1. The molecule has 1 N–H and O–H groups in total. The maximum atomic E-state index is 13.1. The lowest BCUT2D eigenvalue weighted by molar-refractivity contribution is 0.0433. The minimum Gasteiger partial charge on any atom is -0.496 e. The van der Waals surface area contributed by atoms with Crippen molar-refractivity contribution < 1.29 is 14.3 Å². The molecule has 0 spiro atoms. The number of benzene rings is 2. The fourth-order valence-electron chi connectivity index (χ4n) is 3.22. The molecule has 0 saturated heterocycles. The van der Waals surface area contributed by atoms with Gasteiger partial charge >= 0.3 is 0 Å². The van der Waals surface area contributed by atoms with E-state index in [0.29, 0.717) is 18.7 Å². The minimum atomic E-state index is -0.726. The molecule has 5 nitrogen and oxygen atoms in total. The highest BCUT2D eigenvalue weighted by Gasteiger charge is 2.43. The van der Waals surface area contributed by atoms with Gasteiger partial charge in [0.05, 0.1) is 19.3 Å². The number of nitrogens with one attached hydrogen (secondary N) is 1. The van der Waals surface area contributed by atoms with E-state index in [0.717, 1.165) is 17.0 Å². The van der Waals surface area contributed by atoms with Gasteiger partial charge in [-0.05, 0) is 25.1 Å². The van der Waals surface area contributed by atoms with E-state index in [9.17, 15) is 4.79 Å². The fraction of sp³-hybridized carbons (Fsp3) is 0.316. The van der Waals surface area contributed by atoms with Gasteiger partial charge in [-0.1, -0.05) is 30.3 Å². The molecule has 2 aromatic carbocycles. The number of rotatable bonds is 5. The SMILES string of the molecule is COCCN1C(=O)c2ccccc2NC1(C)c1ccccc1OC. The van der Waals surface area contributed by atoms with Crippen LogP contribution in [0.3, 0.4) is 0 Å². The topological polar surface area (TPSA) is 50.8 Å². The molecule has 0 aromatic heterocycles. The van der Waals surface area contributed by atoms with Gasteiger partial charge in [-0.15, -0.1) is 0 Å². The van der Waals surface area contributed by atoms with E-state index in [1.807, 2.05) is 55.5 Å². The third-order valence-corrected chi connectivity index (χ3v) is 4.47. The summed E-state index contributed by atoms with van der Waals surface area (Å²) in [7, 11) is 3.27. The number of para-hydroxylation sites is 2. The molecule has 5 heteroatoms. The second kappa shape index (κ2) is 6.53. The third kappa shape index (κ3) is 2.61. The molecule has 0 bridgehead atoms. The van der Waals surface area contributed by atoms with Crippen LogP contribution < -0.4 is 10.1 Å². The highest BCUT2D eigenvalue weighted by Crippen LogP contribution is 2.40. The molecule has 2 aromatic rings. The third-order valence-electron chi connectivity index (χ3n) is 4.47. The normalized spacial score (nSPS) is 19.6. The summed E-state index contributed by atoms with van der Waals surface area (Å²) in [5, 5.41) is 3.52. The Morgan fingerprint density at radius 3 is 2.54 bits per heavy atom. The molecule has 0 radical (unpaired) electrons. The van der Waals surface area contributed by atoms with E-state index in [1.54, 1.807) is 19.1 Å². The van der Waals surface area contributed by atoms with E-state index in [4.69, 9.17) is 9.47 Å². The zero-order valence-electron chi connectivity index (χ0n) is 14.2. The zero-order valence-corrected chi connectivity index (χ0v) is 14.2. The highest BCUT2D eigenvalue weighted by atomic mass is 16.5. The van der Waals surface area contributed by atoms with Gasteiger partial charge in [-0.25, -0.2) is 0 Å². The van der Waals surface area contributed by atoms with Gasteiger partial charge in [0.15, 0.2) is 0 Å². The van der Waals surface area contributed by atoms with E-state index < -0.39 is 5.66 Å². The van der Waals surface area contributed by atoms with Crippen molar-refractivity contribution in [1.29, 1.82) is 0 Å². The Kier molecular flexibility index (Phi) is 4.44. The summed E-state index contributed by atoms with van der Waals surface area (Å²) in [6, 6.07) is 15.3. The molecule has 1 aliphatic rings. The van der Waals surface area contributed by atoms with Crippen LogP contribution in [0.4, 0.5) is 5.69 Å². The van der Waals surface area contributed by atoms with E-state index in [-0.39, 0.29) is 5.91 Å². The lowest BCUT2D eigenvalue weighted by Gasteiger charge is -2.47. The maximum Gasteiger partial charge on any atom is 0.258 e. The highest BCUT2D eigenvalue weighted by molar-refractivity contribution is 6.02. The van der Waals surface area contributed by atoms with E-state index >= 15 is 0 Å². The predicted molar refractivity (Wildman–Crippen MR) is 93.3 cm³/mol. The summed E-state index contributed by atoms with van der Waals surface area (Å²) in [5.41, 5.74) is 1.67. The van der Waals surface area contributed by atoms with Crippen LogP contribution in [0.1, 0.15) is 22.8 Å². The Morgan fingerprint density at radius 2 is 1.79 bits per heavy atom. The quantitative estimate of drug-likeness (QED) is 0.917. The summed E-state index contributed by atoms with van der Waals surface area (Å²) in [5.74, 6) is 0.719. The van der Waals surface area contributed by atoms with Crippen molar-refractivity contribution in [2.45, 2.75) is 12.6 Å². The fourth-order valence-corrected chi connectivity index (χ4v) is 3.22. The summed E-state index contributed by atoms with van der Waals surface area (Å²) in [6.45, 7) is 2.93. The number of carbonyl (C=O) groups excluding carboxylic acids is 1. The van der Waals surface area contributed by atoms with Crippen LogP contribution in [0.15, 0.2) is 48.5 Å². The van der Waals surface area contributed by atoms with Crippen molar-refractivity contribution >= 4 is 11.6 Å². The lowest BCUT2D eigenvalue weighted by atomic mass is 9.93. The molecule has 1 amide bonds. The number of nitrogens with zero attached hydrogens (tertiary/aromatic N) is 1. The molecule has 3 rings (SSSR count). The first-order chi connectivity index (χ1) is 11.6. The Balaban J connectivity index is 2.14. The molecule has 0 saturated carbocycles. The lowest BCUT2D eigenvalue weighted by Crippen LogP contribution is -2.56. The van der Waals surface area contributed by atoms with E-state index in [2.05, 4.69) is 5.32 Å². The van der Waals surface area contributed by atoms with E-state index in [1.165, 1.54) is 0 Å². The van der Waals surface area contributed by atoms with Crippen molar-refractivity contribution in [2.75, 3.05) is 32.7 Å². The number of amides is 1. The van der Waals surface area contributed by atoms with Crippen LogP contribution in [0.5, 0.6) is 5.75 Å². The Bertz CT molecular complexity index is 747. The molecule has 1 aliphatic heterocycles. The first-order valence-electron chi connectivity index (χ1n) is 7.93. The number of hydrogen-bond donors (Lipinski definition) is 1. The number of hydrogen-bond acceptors (Lipinski definition) is 4. The van der Waals surface area contributed by atoms with Gasteiger partial charge in [-0.3, -0.25) is 4.79 Å². The summed E-state index contributed by atoms with van der Waals surface area (Å²) >= 11 is 0. The van der Waals surface area contributed by atoms with Crippen molar-refractivity contribution in [2.24, 2.45) is 0 Å². The van der Waals surface area contributed by atoms with Gasteiger partial charge in [-0.2, -0.15) is 0 Å². The van der Waals surface area contributed by atoms with Gasteiger partial charge in [0, 0.05) is 24.9 Å². The summed E-state index contributed by atoms with van der Waals surface area (Å²) in [6.07, 6.45) is 0. The van der Waals surface area contributed by atoms with Crippen molar-refractivity contribution in [3.05, 3.63) is 59.7 Å². The summed E-state index contributed by atoms with van der Waals surface area (Å²) < 4.78 is 10.7.